The van der Waals surface area contributed by atoms with Gasteiger partial charge >= 0.3 is 0 Å². The lowest BCUT2D eigenvalue weighted by Gasteiger charge is -2.22. The summed E-state index contributed by atoms with van der Waals surface area (Å²) < 4.78 is 16.1. The van der Waals surface area contributed by atoms with E-state index in [1.165, 1.54) is 5.01 Å². The average molecular weight is 376 g/mol. The third kappa shape index (κ3) is 3.36. The van der Waals surface area contributed by atoms with Crippen LogP contribution in [0.1, 0.15) is 34.1 Å². The SMILES string of the molecule is COc1cccc(C(=O)N2N=C(c3ccco3)C[C@H]2c2cccc(OC)c2)c1. The molecule has 6 heteroatoms. The monoisotopic (exact) mass is 376 g/mol. The van der Waals surface area contributed by atoms with E-state index in [1.807, 2.05) is 36.4 Å². The molecule has 1 aliphatic rings. The molecule has 0 bridgehead atoms. The molecule has 4 rings (SSSR count). The molecule has 1 aromatic heterocycles. The summed E-state index contributed by atoms with van der Waals surface area (Å²) in [6.07, 6.45) is 2.15. The molecular weight excluding hydrogens is 356 g/mol. The summed E-state index contributed by atoms with van der Waals surface area (Å²) in [5, 5.41) is 6.12. The number of amides is 1. The molecule has 3 aromatic rings. The first-order valence-electron chi connectivity index (χ1n) is 8.92. The highest BCUT2D eigenvalue weighted by molar-refractivity contribution is 6.03. The number of rotatable bonds is 5. The molecule has 142 valence electrons. The van der Waals surface area contributed by atoms with E-state index in [0.29, 0.717) is 23.5 Å². The minimum Gasteiger partial charge on any atom is -0.497 e. The Balaban J connectivity index is 1.73. The van der Waals surface area contributed by atoms with E-state index in [2.05, 4.69) is 5.10 Å². The van der Waals surface area contributed by atoms with E-state index in [4.69, 9.17) is 13.9 Å². The Morgan fingerprint density at radius 2 is 1.79 bits per heavy atom. The molecule has 0 saturated heterocycles. The molecule has 28 heavy (non-hydrogen) atoms. The number of hydrazone groups is 1. The Hall–Kier alpha value is -3.54. The van der Waals surface area contributed by atoms with Gasteiger partial charge in [0.05, 0.1) is 26.5 Å². The van der Waals surface area contributed by atoms with Crippen molar-refractivity contribution in [2.45, 2.75) is 12.5 Å². The van der Waals surface area contributed by atoms with Gasteiger partial charge in [-0.3, -0.25) is 4.79 Å². The number of benzene rings is 2. The van der Waals surface area contributed by atoms with E-state index in [9.17, 15) is 4.79 Å². The van der Waals surface area contributed by atoms with Gasteiger partial charge in [0.1, 0.15) is 23.0 Å². The van der Waals surface area contributed by atoms with E-state index < -0.39 is 0 Å². The molecule has 0 aliphatic carbocycles. The van der Waals surface area contributed by atoms with Crippen molar-refractivity contribution in [1.82, 2.24) is 5.01 Å². The lowest BCUT2D eigenvalue weighted by molar-refractivity contribution is 0.0710. The van der Waals surface area contributed by atoms with Crippen molar-refractivity contribution >= 4 is 11.6 Å². The fourth-order valence-electron chi connectivity index (χ4n) is 3.29. The summed E-state index contributed by atoms with van der Waals surface area (Å²) in [5.41, 5.74) is 2.19. The van der Waals surface area contributed by atoms with E-state index in [-0.39, 0.29) is 11.9 Å². The molecule has 2 heterocycles. The maximum absolute atomic E-state index is 13.3. The van der Waals surface area contributed by atoms with Crippen LogP contribution in [-0.4, -0.2) is 30.8 Å². The highest BCUT2D eigenvalue weighted by Gasteiger charge is 2.34. The van der Waals surface area contributed by atoms with Crippen molar-refractivity contribution in [3.63, 3.8) is 0 Å². The Kier molecular flexibility index (Phi) is 4.85. The van der Waals surface area contributed by atoms with Crippen LogP contribution in [0.25, 0.3) is 0 Å². The summed E-state index contributed by atoms with van der Waals surface area (Å²) in [6.45, 7) is 0. The first-order chi connectivity index (χ1) is 13.7. The van der Waals surface area contributed by atoms with Crippen LogP contribution in [0.3, 0.4) is 0 Å². The number of methoxy groups -OCH3 is 2. The molecule has 0 unspecified atom stereocenters. The lowest BCUT2D eigenvalue weighted by atomic mass is 10.00. The van der Waals surface area contributed by atoms with Crippen LogP contribution in [-0.2, 0) is 0 Å². The zero-order valence-corrected chi connectivity index (χ0v) is 15.7. The van der Waals surface area contributed by atoms with Crippen molar-refractivity contribution in [3.05, 3.63) is 83.8 Å². The summed E-state index contributed by atoms with van der Waals surface area (Å²) in [6, 6.07) is 18.2. The molecule has 0 fully saturated rings. The molecule has 6 nitrogen and oxygen atoms in total. The molecule has 0 spiro atoms. The van der Waals surface area contributed by atoms with Crippen LogP contribution in [0.4, 0.5) is 0 Å². The van der Waals surface area contributed by atoms with Crippen LogP contribution >= 0.6 is 0 Å². The van der Waals surface area contributed by atoms with Gasteiger partial charge in [-0.15, -0.1) is 0 Å². The smallest absolute Gasteiger partial charge is 0.274 e. The van der Waals surface area contributed by atoms with Crippen LogP contribution in [0.15, 0.2) is 76.4 Å². The zero-order chi connectivity index (χ0) is 19.5. The number of nitrogens with zero attached hydrogens (tertiary/aromatic N) is 2. The van der Waals surface area contributed by atoms with Gasteiger partial charge in [0, 0.05) is 12.0 Å². The minimum absolute atomic E-state index is 0.201. The molecule has 0 saturated carbocycles. The first-order valence-corrected chi connectivity index (χ1v) is 8.92. The fourth-order valence-corrected chi connectivity index (χ4v) is 3.29. The van der Waals surface area contributed by atoms with Crippen molar-refractivity contribution in [2.24, 2.45) is 5.10 Å². The number of carbonyl (C=O) groups is 1. The van der Waals surface area contributed by atoms with Crippen molar-refractivity contribution in [2.75, 3.05) is 14.2 Å². The second kappa shape index (κ2) is 7.60. The molecule has 0 N–H and O–H groups in total. The molecular formula is C22H20N2O4. The number of hydrogen-bond acceptors (Lipinski definition) is 5. The Labute approximate surface area is 163 Å². The van der Waals surface area contributed by atoms with E-state index in [1.54, 1.807) is 44.7 Å². The topological polar surface area (TPSA) is 64.3 Å². The van der Waals surface area contributed by atoms with Crippen LogP contribution in [0, 0.1) is 0 Å². The van der Waals surface area contributed by atoms with Gasteiger partial charge in [0.2, 0.25) is 0 Å². The first kappa shape index (κ1) is 17.9. The molecule has 1 amide bonds. The lowest BCUT2D eigenvalue weighted by Crippen LogP contribution is -2.27. The standard InChI is InChI=1S/C22H20N2O4/c1-26-17-8-3-6-15(12-17)20-14-19(21-10-5-11-28-21)23-24(20)22(25)16-7-4-9-18(13-16)27-2/h3-13,20H,14H2,1-2H3/t20-/m0/s1. The van der Waals surface area contributed by atoms with Gasteiger partial charge < -0.3 is 13.9 Å². The van der Waals surface area contributed by atoms with Crippen molar-refractivity contribution in [3.8, 4) is 11.5 Å². The van der Waals surface area contributed by atoms with Gasteiger partial charge in [-0.25, -0.2) is 5.01 Å². The molecule has 2 aromatic carbocycles. The van der Waals surface area contributed by atoms with Crippen molar-refractivity contribution < 1.29 is 18.7 Å². The quantitative estimate of drug-likeness (QED) is 0.666. The number of furan rings is 1. The van der Waals surface area contributed by atoms with E-state index in [0.717, 1.165) is 17.0 Å². The fraction of sp³-hybridized carbons (Fsp3) is 0.182. The molecule has 0 radical (unpaired) electrons. The van der Waals surface area contributed by atoms with E-state index >= 15 is 0 Å². The predicted octanol–water partition coefficient (Wildman–Crippen LogP) is 4.29. The Morgan fingerprint density at radius 1 is 1.04 bits per heavy atom. The van der Waals surface area contributed by atoms with Gasteiger partial charge in [-0.2, -0.15) is 5.10 Å². The van der Waals surface area contributed by atoms with Crippen LogP contribution in [0.5, 0.6) is 11.5 Å². The average Bonchev–Trinajstić information content (AvgIpc) is 3.43. The third-order valence-electron chi connectivity index (χ3n) is 4.72. The predicted molar refractivity (Wildman–Crippen MR) is 105 cm³/mol. The third-order valence-corrected chi connectivity index (χ3v) is 4.72. The normalized spacial score (nSPS) is 16.0. The van der Waals surface area contributed by atoms with Crippen molar-refractivity contribution in [1.29, 1.82) is 0 Å². The summed E-state index contributed by atoms with van der Waals surface area (Å²) >= 11 is 0. The highest BCUT2D eigenvalue weighted by Crippen LogP contribution is 2.35. The maximum atomic E-state index is 13.3. The van der Waals surface area contributed by atoms with Crippen LogP contribution in [0.2, 0.25) is 0 Å². The number of hydrogen-bond donors (Lipinski definition) is 0. The minimum atomic E-state index is -0.256. The second-order valence-electron chi connectivity index (χ2n) is 6.40. The molecule has 1 aliphatic heterocycles. The zero-order valence-electron chi connectivity index (χ0n) is 15.7. The van der Waals surface area contributed by atoms with Gasteiger partial charge in [0.15, 0.2) is 0 Å². The Bertz CT molecular complexity index is 1010. The Morgan fingerprint density at radius 3 is 2.50 bits per heavy atom. The number of ether oxygens (including phenoxy) is 2. The highest BCUT2D eigenvalue weighted by atomic mass is 16.5. The molecule has 1 atom stereocenters. The summed E-state index contributed by atoms with van der Waals surface area (Å²) in [4.78, 5) is 13.3. The summed E-state index contributed by atoms with van der Waals surface area (Å²) in [5.74, 6) is 1.82. The van der Waals surface area contributed by atoms with Crippen LogP contribution < -0.4 is 9.47 Å². The van der Waals surface area contributed by atoms with Gasteiger partial charge in [-0.05, 0) is 48.0 Å². The maximum Gasteiger partial charge on any atom is 0.274 e. The second-order valence-corrected chi connectivity index (χ2v) is 6.40. The largest absolute Gasteiger partial charge is 0.497 e. The van der Waals surface area contributed by atoms with Gasteiger partial charge in [-0.1, -0.05) is 18.2 Å². The summed E-state index contributed by atoms with van der Waals surface area (Å²) in [7, 11) is 3.20. The number of carbonyl (C=O) groups excluding carboxylic acids is 1. The van der Waals surface area contributed by atoms with Gasteiger partial charge in [0.25, 0.3) is 5.91 Å².